The van der Waals surface area contributed by atoms with Gasteiger partial charge in [0.25, 0.3) is 0 Å². The Kier molecular flexibility index (Phi) is 7.51. The number of rotatable bonds is 7. The van der Waals surface area contributed by atoms with E-state index >= 15 is 0 Å². The van der Waals surface area contributed by atoms with Gasteiger partial charge in [-0.05, 0) is 71.4 Å². The van der Waals surface area contributed by atoms with Gasteiger partial charge in [-0.15, -0.1) is 0 Å². The molecule has 2 aromatic heterocycles. The number of carbonyl (C=O) groups excluding carboxylic acids is 2. The number of aryl methyl sites for hydroxylation is 1. The Morgan fingerprint density at radius 3 is 2.50 bits per heavy atom. The molecule has 1 saturated carbocycles. The third-order valence-corrected chi connectivity index (χ3v) is 7.45. The molecule has 8 heteroatoms. The second kappa shape index (κ2) is 10.1. The molecule has 1 aliphatic carbocycles. The lowest BCUT2D eigenvalue weighted by Gasteiger charge is -2.37. The highest BCUT2D eigenvalue weighted by Gasteiger charge is 2.49. The van der Waals surface area contributed by atoms with Gasteiger partial charge in [-0.2, -0.15) is 0 Å². The lowest BCUT2D eigenvalue weighted by molar-refractivity contribution is -0.0646. The molecule has 0 bridgehead atoms. The highest BCUT2D eigenvalue weighted by atomic mass is 16.6. The van der Waals surface area contributed by atoms with Crippen molar-refractivity contribution in [3.63, 3.8) is 0 Å². The van der Waals surface area contributed by atoms with Gasteiger partial charge >= 0.3 is 6.09 Å². The van der Waals surface area contributed by atoms with Crippen molar-refractivity contribution in [1.29, 1.82) is 0 Å². The fourth-order valence-electron chi connectivity index (χ4n) is 5.39. The van der Waals surface area contributed by atoms with Gasteiger partial charge in [0, 0.05) is 18.2 Å². The molecule has 0 aromatic carbocycles. The van der Waals surface area contributed by atoms with E-state index in [0.717, 1.165) is 17.6 Å². The van der Waals surface area contributed by atoms with Crippen molar-refractivity contribution in [3.05, 3.63) is 35.8 Å². The second-order valence-corrected chi connectivity index (χ2v) is 13.4. The summed E-state index contributed by atoms with van der Waals surface area (Å²) in [7, 11) is 1.96. The van der Waals surface area contributed by atoms with Gasteiger partial charge in [-0.25, -0.2) is 9.78 Å². The molecule has 8 nitrogen and oxygen atoms in total. The molecule has 0 N–H and O–H groups in total. The summed E-state index contributed by atoms with van der Waals surface area (Å²) in [5.41, 5.74) is 1.55. The van der Waals surface area contributed by atoms with Crippen molar-refractivity contribution in [2.24, 2.45) is 18.9 Å². The summed E-state index contributed by atoms with van der Waals surface area (Å²) < 4.78 is 13.8. The summed E-state index contributed by atoms with van der Waals surface area (Å²) in [5, 5.41) is 0. The van der Waals surface area contributed by atoms with Crippen molar-refractivity contribution in [2.75, 3.05) is 6.61 Å². The summed E-state index contributed by atoms with van der Waals surface area (Å²) in [6.45, 7) is 16.3. The topological polar surface area (TPSA) is 86.6 Å². The Balaban J connectivity index is 1.51. The minimum absolute atomic E-state index is 0.0521. The van der Waals surface area contributed by atoms with Gasteiger partial charge in [-0.3, -0.25) is 14.7 Å². The second-order valence-electron chi connectivity index (χ2n) is 13.4. The van der Waals surface area contributed by atoms with Crippen molar-refractivity contribution < 1.29 is 19.1 Å². The molecule has 1 amide bonds. The molecule has 2 atom stereocenters. The third kappa shape index (κ3) is 6.28. The fraction of sp³-hybridized carbons (Fsp3) is 0.667. The highest BCUT2D eigenvalue weighted by Crippen LogP contribution is 2.42. The van der Waals surface area contributed by atoms with Crippen molar-refractivity contribution in [3.8, 4) is 0 Å². The van der Waals surface area contributed by atoms with Gasteiger partial charge in [0.15, 0.2) is 5.65 Å². The molecule has 4 rings (SSSR count). The standard InChI is InChI=1S/C30H44N4O4/c1-28(2,3)25-16-21-26(33(25)9)32-22(17-31-21)24(35)12-10-11-20(15-19-13-14-19)23-18-37-30(7,8)34(23)27(36)38-29(4,5)6/h10,12,16-17,19-20,23H,11,13-15,18H2,1-9H3/t20-,23-/m0/s1. The summed E-state index contributed by atoms with van der Waals surface area (Å²) in [6, 6.07) is 1.92. The summed E-state index contributed by atoms with van der Waals surface area (Å²) >= 11 is 0. The van der Waals surface area contributed by atoms with Gasteiger partial charge < -0.3 is 14.0 Å². The molecule has 2 aromatic rings. The number of allylic oxidation sites excluding steroid dienone is 2. The zero-order chi connectivity index (χ0) is 28.0. The quantitative estimate of drug-likeness (QED) is 0.317. The average molecular weight is 525 g/mol. The van der Waals surface area contributed by atoms with E-state index in [9.17, 15) is 9.59 Å². The van der Waals surface area contributed by atoms with Crippen LogP contribution in [0.2, 0.25) is 0 Å². The van der Waals surface area contributed by atoms with E-state index in [0.29, 0.717) is 30.3 Å². The Hall–Kier alpha value is -2.74. The van der Waals surface area contributed by atoms with Gasteiger partial charge in [0.1, 0.15) is 22.5 Å². The third-order valence-electron chi connectivity index (χ3n) is 7.45. The lowest BCUT2D eigenvalue weighted by Crippen LogP contribution is -2.52. The first-order valence-corrected chi connectivity index (χ1v) is 13.8. The first-order valence-electron chi connectivity index (χ1n) is 13.8. The van der Waals surface area contributed by atoms with Crippen LogP contribution in [0.15, 0.2) is 24.4 Å². The van der Waals surface area contributed by atoms with E-state index < -0.39 is 11.3 Å². The van der Waals surface area contributed by atoms with Crippen LogP contribution in [0.4, 0.5) is 4.79 Å². The van der Waals surface area contributed by atoms with E-state index in [1.165, 1.54) is 12.8 Å². The van der Waals surface area contributed by atoms with Gasteiger partial charge in [-0.1, -0.05) is 39.7 Å². The van der Waals surface area contributed by atoms with E-state index in [1.807, 2.05) is 58.4 Å². The van der Waals surface area contributed by atoms with E-state index in [-0.39, 0.29) is 29.3 Å². The maximum Gasteiger partial charge on any atom is 0.412 e. The van der Waals surface area contributed by atoms with Crippen LogP contribution in [0.5, 0.6) is 0 Å². The number of hydrogen-bond donors (Lipinski definition) is 0. The number of fused-ring (bicyclic) bond motifs is 1. The van der Waals surface area contributed by atoms with Crippen molar-refractivity contribution >= 4 is 23.0 Å². The Labute approximate surface area is 226 Å². The first kappa shape index (κ1) is 28.3. The fourth-order valence-corrected chi connectivity index (χ4v) is 5.39. The predicted octanol–water partition coefficient (Wildman–Crippen LogP) is 6.18. The molecule has 0 spiro atoms. The number of ether oxygens (including phenoxy) is 2. The van der Waals surface area contributed by atoms with Crippen LogP contribution in [-0.2, 0) is 21.9 Å². The van der Waals surface area contributed by atoms with E-state index in [4.69, 9.17) is 9.47 Å². The van der Waals surface area contributed by atoms with Crippen LogP contribution < -0.4 is 0 Å². The van der Waals surface area contributed by atoms with Crippen LogP contribution in [0.3, 0.4) is 0 Å². The normalized spacial score (nSPS) is 20.9. The average Bonchev–Trinajstić information content (AvgIpc) is 3.45. The monoisotopic (exact) mass is 524 g/mol. The van der Waals surface area contributed by atoms with Crippen molar-refractivity contribution in [2.45, 2.75) is 104 Å². The van der Waals surface area contributed by atoms with Crippen molar-refractivity contribution in [1.82, 2.24) is 19.4 Å². The van der Waals surface area contributed by atoms with Gasteiger partial charge in [0.05, 0.1) is 18.8 Å². The molecule has 0 unspecified atom stereocenters. The number of amides is 1. The van der Waals surface area contributed by atoms with Crippen LogP contribution in [0, 0.1) is 11.8 Å². The number of aromatic nitrogens is 3. The number of carbonyl (C=O) groups is 2. The predicted molar refractivity (Wildman–Crippen MR) is 148 cm³/mol. The Morgan fingerprint density at radius 2 is 1.89 bits per heavy atom. The van der Waals surface area contributed by atoms with Crippen LogP contribution in [0.1, 0.15) is 97.3 Å². The number of hydrogen-bond acceptors (Lipinski definition) is 6. The zero-order valence-corrected chi connectivity index (χ0v) is 24.5. The SMILES string of the molecule is Cn1c(C(C)(C)C)cc2ncc(C(=O)C=CC[C@@H](CC3CC3)[C@@H]3COC(C)(C)N3C(=O)OC(C)(C)C)nc21. The maximum absolute atomic E-state index is 13.2. The minimum Gasteiger partial charge on any atom is -0.444 e. The van der Waals surface area contributed by atoms with Gasteiger partial charge in [0.2, 0.25) is 5.78 Å². The zero-order valence-electron chi connectivity index (χ0n) is 24.5. The highest BCUT2D eigenvalue weighted by molar-refractivity contribution is 6.03. The molecule has 0 radical (unpaired) electrons. The molecule has 38 heavy (non-hydrogen) atoms. The first-order chi connectivity index (χ1) is 17.6. The van der Waals surface area contributed by atoms with Crippen LogP contribution >= 0.6 is 0 Å². The molecular formula is C30H44N4O4. The van der Waals surface area contributed by atoms with E-state index in [2.05, 4.69) is 30.7 Å². The largest absolute Gasteiger partial charge is 0.444 e. The summed E-state index contributed by atoms with van der Waals surface area (Å²) in [5.74, 6) is 0.655. The Morgan fingerprint density at radius 1 is 1.21 bits per heavy atom. The molecule has 2 fully saturated rings. The molecule has 1 saturated heterocycles. The number of ketones is 1. The molecule has 1 aliphatic heterocycles. The number of nitrogens with zero attached hydrogens (tertiary/aromatic N) is 4. The molecule has 2 aliphatic rings. The lowest BCUT2D eigenvalue weighted by atomic mass is 9.89. The summed E-state index contributed by atoms with van der Waals surface area (Å²) in [4.78, 5) is 37.2. The molecular weight excluding hydrogens is 480 g/mol. The smallest absolute Gasteiger partial charge is 0.412 e. The molecule has 3 heterocycles. The summed E-state index contributed by atoms with van der Waals surface area (Å²) in [6.07, 6.45) is 8.81. The van der Waals surface area contributed by atoms with Crippen LogP contribution in [0.25, 0.3) is 11.2 Å². The van der Waals surface area contributed by atoms with E-state index in [1.54, 1.807) is 17.2 Å². The Bertz CT molecular complexity index is 1230. The minimum atomic E-state index is -0.750. The van der Waals surface area contributed by atoms with Crippen LogP contribution in [-0.4, -0.2) is 55.3 Å². The maximum atomic E-state index is 13.2. The molecule has 208 valence electrons.